The van der Waals surface area contributed by atoms with Crippen LogP contribution in [0.4, 0.5) is 0 Å². The molecule has 4 heteroatoms. The van der Waals surface area contributed by atoms with Gasteiger partial charge < -0.3 is 15.6 Å². The standard InChI is InChI=1S/C12H17NO2S/c13-11(12-8-16-5-4-15-12)7-9-2-1-3-10(14)6-9/h1-3,6,11-12,14H,4-5,7-8,13H2. The summed E-state index contributed by atoms with van der Waals surface area (Å²) >= 11 is 1.89. The molecule has 3 nitrogen and oxygen atoms in total. The minimum Gasteiger partial charge on any atom is -0.508 e. The molecule has 1 aromatic carbocycles. The lowest BCUT2D eigenvalue weighted by Gasteiger charge is -2.27. The SMILES string of the molecule is NC(Cc1cccc(O)c1)C1CSCCO1. The van der Waals surface area contributed by atoms with Crippen LogP contribution >= 0.6 is 11.8 Å². The van der Waals surface area contributed by atoms with Gasteiger partial charge in [0.25, 0.3) is 0 Å². The lowest BCUT2D eigenvalue weighted by atomic mass is 10.0. The second kappa shape index (κ2) is 5.57. The van der Waals surface area contributed by atoms with Gasteiger partial charge in [0.15, 0.2) is 0 Å². The number of hydrogen-bond donors (Lipinski definition) is 2. The van der Waals surface area contributed by atoms with Crippen LogP contribution in [0.2, 0.25) is 0 Å². The van der Waals surface area contributed by atoms with Gasteiger partial charge in [0, 0.05) is 17.5 Å². The van der Waals surface area contributed by atoms with Crippen molar-refractivity contribution in [2.45, 2.75) is 18.6 Å². The van der Waals surface area contributed by atoms with Crippen LogP contribution in [0, 0.1) is 0 Å². The van der Waals surface area contributed by atoms with Gasteiger partial charge in [-0.2, -0.15) is 11.8 Å². The number of hydrogen-bond acceptors (Lipinski definition) is 4. The number of ether oxygens (including phenoxy) is 1. The van der Waals surface area contributed by atoms with E-state index in [4.69, 9.17) is 10.5 Å². The maximum Gasteiger partial charge on any atom is 0.115 e. The number of rotatable bonds is 3. The molecule has 0 bridgehead atoms. The molecule has 1 heterocycles. The molecular formula is C12H17NO2S. The average Bonchev–Trinajstić information content (AvgIpc) is 2.30. The highest BCUT2D eigenvalue weighted by atomic mass is 32.2. The molecule has 2 atom stereocenters. The predicted octanol–water partition coefficient (Wildman–Crippen LogP) is 1.39. The van der Waals surface area contributed by atoms with E-state index in [1.54, 1.807) is 12.1 Å². The van der Waals surface area contributed by atoms with E-state index in [9.17, 15) is 5.11 Å². The van der Waals surface area contributed by atoms with E-state index in [1.807, 2.05) is 23.9 Å². The molecule has 1 saturated heterocycles. The quantitative estimate of drug-likeness (QED) is 0.837. The molecule has 1 fully saturated rings. The van der Waals surface area contributed by atoms with Crippen LogP contribution < -0.4 is 5.73 Å². The van der Waals surface area contributed by atoms with Crippen LogP contribution in [-0.2, 0) is 11.2 Å². The first-order valence-electron chi connectivity index (χ1n) is 5.48. The van der Waals surface area contributed by atoms with Gasteiger partial charge in [-0.25, -0.2) is 0 Å². The van der Waals surface area contributed by atoms with Gasteiger partial charge >= 0.3 is 0 Å². The van der Waals surface area contributed by atoms with E-state index in [2.05, 4.69) is 0 Å². The third kappa shape index (κ3) is 3.14. The van der Waals surface area contributed by atoms with Crippen molar-refractivity contribution in [3.8, 4) is 5.75 Å². The van der Waals surface area contributed by atoms with Gasteiger partial charge in [-0.05, 0) is 24.1 Å². The van der Waals surface area contributed by atoms with E-state index < -0.39 is 0 Å². The third-order valence-electron chi connectivity index (χ3n) is 2.70. The number of thioether (sulfide) groups is 1. The van der Waals surface area contributed by atoms with Crippen LogP contribution in [0.25, 0.3) is 0 Å². The Kier molecular flexibility index (Phi) is 4.09. The lowest BCUT2D eigenvalue weighted by Crippen LogP contribution is -2.42. The second-order valence-corrected chi connectivity index (χ2v) is 5.17. The molecule has 0 aliphatic carbocycles. The van der Waals surface area contributed by atoms with Gasteiger partial charge in [0.2, 0.25) is 0 Å². The first kappa shape index (κ1) is 11.8. The maximum atomic E-state index is 9.36. The first-order valence-corrected chi connectivity index (χ1v) is 6.64. The molecule has 0 radical (unpaired) electrons. The Labute approximate surface area is 100.0 Å². The Morgan fingerprint density at radius 2 is 2.44 bits per heavy atom. The van der Waals surface area contributed by atoms with E-state index in [0.717, 1.165) is 30.1 Å². The van der Waals surface area contributed by atoms with Crippen molar-refractivity contribution in [1.82, 2.24) is 0 Å². The number of nitrogens with two attached hydrogens (primary N) is 1. The summed E-state index contributed by atoms with van der Waals surface area (Å²) in [5.74, 6) is 2.33. The van der Waals surface area contributed by atoms with Crippen LogP contribution in [0.15, 0.2) is 24.3 Å². The zero-order valence-corrected chi connectivity index (χ0v) is 9.95. The Hall–Kier alpha value is -0.710. The summed E-state index contributed by atoms with van der Waals surface area (Å²) in [5.41, 5.74) is 7.17. The Morgan fingerprint density at radius 1 is 1.56 bits per heavy atom. The molecule has 16 heavy (non-hydrogen) atoms. The van der Waals surface area contributed by atoms with Gasteiger partial charge in [-0.15, -0.1) is 0 Å². The van der Waals surface area contributed by atoms with E-state index in [-0.39, 0.29) is 12.1 Å². The average molecular weight is 239 g/mol. The minimum absolute atomic E-state index is 0.00889. The summed E-state index contributed by atoms with van der Waals surface area (Å²) in [6.45, 7) is 0.795. The zero-order chi connectivity index (χ0) is 11.4. The normalized spacial score (nSPS) is 22.9. The highest BCUT2D eigenvalue weighted by Gasteiger charge is 2.21. The topological polar surface area (TPSA) is 55.5 Å². The lowest BCUT2D eigenvalue weighted by molar-refractivity contribution is 0.0572. The van der Waals surface area contributed by atoms with Crippen molar-refractivity contribution in [3.63, 3.8) is 0 Å². The molecular weight excluding hydrogens is 222 g/mol. The molecule has 3 N–H and O–H groups in total. The van der Waals surface area contributed by atoms with Crippen LogP contribution in [-0.4, -0.2) is 35.4 Å². The Morgan fingerprint density at radius 3 is 3.12 bits per heavy atom. The largest absolute Gasteiger partial charge is 0.508 e. The van der Waals surface area contributed by atoms with Crippen molar-refractivity contribution in [1.29, 1.82) is 0 Å². The molecule has 0 aromatic heterocycles. The Bertz CT molecular complexity index is 340. The van der Waals surface area contributed by atoms with Crippen molar-refractivity contribution < 1.29 is 9.84 Å². The number of aromatic hydroxyl groups is 1. The molecule has 1 aromatic rings. The highest BCUT2D eigenvalue weighted by molar-refractivity contribution is 7.99. The van der Waals surface area contributed by atoms with E-state index in [1.165, 1.54) is 0 Å². The monoisotopic (exact) mass is 239 g/mol. The molecule has 0 spiro atoms. The fraction of sp³-hybridized carbons (Fsp3) is 0.500. The fourth-order valence-electron chi connectivity index (χ4n) is 1.84. The van der Waals surface area contributed by atoms with Crippen LogP contribution in [0.1, 0.15) is 5.56 Å². The number of phenols is 1. The van der Waals surface area contributed by atoms with E-state index in [0.29, 0.717) is 5.75 Å². The molecule has 88 valence electrons. The third-order valence-corrected chi connectivity index (χ3v) is 3.72. The summed E-state index contributed by atoms with van der Waals surface area (Å²) in [5, 5.41) is 9.36. The second-order valence-electron chi connectivity index (χ2n) is 4.02. The summed E-state index contributed by atoms with van der Waals surface area (Å²) < 4.78 is 5.63. The highest BCUT2D eigenvalue weighted by Crippen LogP contribution is 2.18. The summed E-state index contributed by atoms with van der Waals surface area (Å²) in [7, 11) is 0. The zero-order valence-electron chi connectivity index (χ0n) is 9.13. The molecule has 2 rings (SSSR count). The van der Waals surface area contributed by atoms with Gasteiger partial charge in [0.1, 0.15) is 5.75 Å². The van der Waals surface area contributed by atoms with Gasteiger partial charge in [-0.3, -0.25) is 0 Å². The molecule has 0 saturated carbocycles. The first-order chi connectivity index (χ1) is 7.75. The molecule has 1 aliphatic heterocycles. The predicted molar refractivity (Wildman–Crippen MR) is 66.9 cm³/mol. The number of phenolic OH excluding ortho intramolecular Hbond substituents is 1. The van der Waals surface area contributed by atoms with Crippen molar-refractivity contribution in [2.75, 3.05) is 18.1 Å². The minimum atomic E-state index is 0.00889. The van der Waals surface area contributed by atoms with Crippen molar-refractivity contribution in [3.05, 3.63) is 29.8 Å². The van der Waals surface area contributed by atoms with E-state index >= 15 is 0 Å². The molecule has 0 amide bonds. The van der Waals surface area contributed by atoms with Crippen molar-refractivity contribution in [2.24, 2.45) is 5.73 Å². The molecule has 1 aliphatic rings. The van der Waals surface area contributed by atoms with Gasteiger partial charge in [-0.1, -0.05) is 12.1 Å². The maximum absolute atomic E-state index is 9.36. The van der Waals surface area contributed by atoms with Crippen LogP contribution in [0.3, 0.4) is 0 Å². The van der Waals surface area contributed by atoms with Crippen molar-refractivity contribution >= 4 is 11.8 Å². The molecule has 2 unspecified atom stereocenters. The smallest absolute Gasteiger partial charge is 0.115 e. The number of benzene rings is 1. The van der Waals surface area contributed by atoms with Crippen LogP contribution in [0.5, 0.6) is 5.75 Å². The fourth-order valence-corrected chi connectivity index (χ4v) is 2.80. The summed E-state index contributed by atoms with van der Waals surface area (Å²) in [6, 6.07) is 7.26. The summed E-state index contributed by atoms with van der Waals surface area (Å²) in [6.07, 6.45) is 0.890. The van der Waals surface area contributed by atoms with Gasteiger partial charge in [0.05, 0.1) is 12.7 Å². The summed E-state index contributed by atoms with van der Waals surface area (Å²) in [4.78, 5) is 0. The Balaban J connectivity index is 1.93.